The Morgan fingerprint density at radius 1 is 0.408 bits per heavy atom. The summed E-state index contributed by atoms with van der Waals surface area (Å²) in [6.45, 7) is 0. The molecule has 0 atom stereocenters. The van der Waals surface area contributed by atoms with Gasteiger partial charge in [-0.25, -0.2) is 0 Å². The molecule has 3 aromatic heterocycles. The standard InChI is InChI=1S/C45H27N3O/c46-26-31-19-20-38(41-10-2-1-9-37(31)41)29-15-17-30(18-16-29)39-11-3-13-42-43-14-4-12-40(45(43)49-44(39)42)36-24-34(32-7-5-21-47-27-32)23-35(25-36)33-8-6-22-48-28-33/h1-25,27-28H. The zero-order valence-corrected chi connectivity index (χ0v) is 26.3. The predicted octanol–water partition coefficient (Wildman–Crippen LogP) is 11.7. The van der Waals surface area contributed by atoms with Crippen molar-refractivity contribution in [2.45, 2.75) is 0 Å². The average Bonchev–Trinajstić information content (AvgIpc) is 3.57. The Morgan fingerprint density at radius 2 is 0.939 bits per heavy atom. The molecule has 0 saturated heterocycles. The summed E-state index contributed by atoms with van der Waals surface area (Å²) in [5.41, 5.74) is 13.0. The lowest BCUT2D eigenvalue weighted by molar-refractivity contribution is 0.671. The van der Waals surface area contributed by atoms with Crippen LogP contribution < -0.4 is 0 Å². The lowest BCUT2D eigenvalue weighted by atomic mass is 9.93. The first-order valence-corrected chi connectivity index (χ1v) is 16.2. The van der Waals surface area contributed by atoms with Gasteiger partial charge in [0.15, 0.2) is 0 Å². The highest BCUT2D eigenvalue weighted by Gasteiger charge is 2.17. The van der Waals surface area contributed by atoms with Crippen molar-refractivity contribution in [2.24, 2.45) is 0 Å². The molecular formula is C45H27N3O. The van der Waals surface area contributed by atoms with Gasteiger partial charge in [-0.1, -0.05) is 103 Å². The maximum atomic E-state index is 9.64. The van der Waals surface area contributed by atoms with Crippen LogP contribution in [-0.2, 0) is 0 Å². The number of rotatable bonds is 5. The minimum Gasteiger partial charge on any atom is -0.455 e. The van der Waals surface area contributed by atoms with Crippen molar-refractivity contribution in [3.63, 3.8) is 0 Å². The second-order valence-corrected chi connectivity index (χ2v) is 12.1. The molecule has 9 rings (SSSR count). The van der Waals surface area contributed by atoms with Crippen LogP contribution in [-0.4, -0.2) is 9.97 Å². The Morgan fingerprint density at radius 3 is 1.51 bits per heavy atom. The normalized spacial score (nSPS) is 11.2. The van der Waals surface area contributed by atoms with Crippen LogP contribution in [0.25, 0.3) is 88.3 Å². The Kier molecular flexibility index (Phi) is 6.81. The van der Waals surface area contributed by atoms with E-state index < -0.39 is 0 Å². The summed E-state index contributed by atoms with van der Waals surface area (Å²) in [5.74, 6) is 0. The van der Waals surface area contributed by atoms with Gasteiger partial charge in [-0.05, 0) is 75.2 Å². The van der Waals surface area contributed by atoms with Crippen LogP contribution >= 0.6 is 0 Å². The van der Waals surface area contributed by atoms with E-state index in [9.17, 15) is 5.26 Å². The molecule has 228 valence electrons. The van der Waals surface area contributed by atoms with E-state index in [0.29, 0.717) is 5.56 Å². The highest BCUT2D eigenvalue weighted by Crippen LogP contribution is 2.42. The number of nitrogens with zero attached hydrogens (tertiary/aromatic N) is 3. The molecule has 0 amide bonds. The van der Waals surface area contributed by atoms with Crippen molar-refractivity contribution in [3.8, 4) is 61.7 Å². The van der Waals surface area contributed by atoms with Gasteiger partial charge >= 0.3 is 0 Å². The van der Waals surface area contributed by atoms with Crippen LogP contribution in [0, 0.1) is 11.3 Å². The van der Waals surface area contributed by atoms with Crippen LogP contribution in [0.3, 0.4) is 0 Å². The van der Waals surface area contributed by atoms with Crippen LogP contribution in [0.2, 0.25) is 0 Å². The van der Waals surface area contributed by atoms with Gasteiger partial charge in [-0.15, -0.1) is 0 Å². The first-order valence-electron chi connectivity index (χ1n) is 16.2. The molecule has 0 spiro atoms. The minimum atomic E-state index is 0.684. The summed E-state index contributed by atoms with van der Waals surface area (Å²) in [7, 11) is 0. The SMILES string of the molecule is N#Cc1ccc(-c2ccc(-c3cccc4c3oc3c(-c5cc(-c6cccnc6)cc(-c6cccnc6)c5)cccc34)cc2)c2ccccc12. The van der Waals surface area contributed by atoms with E-state index in [1.165, 1.54) is 0 Å². The van der Waals surface area contributed by atoms with Gasteiger partial charge in [0.1, 0.15) is 11.2 Å². The molecule has 3 heterocycles. The highest BCUT2D eigenvalue weighted by atomic mass is 16.3. The largest absolute Gasteiger partial charge is 0.455 e. The van der Waals surface area contributed by atoms with E-state index >= 15 is 0 Å². The summed E-state index contributed by atoms with van der Waals surface area (Å²) in [5, 5.41) is 13.8. The number of furan rings is 1. The van der Waals surface area contributed by atoms with E-state index in [0.717, 1.165) is 88.3 Å². The number of fused-ring (bicyclic) bond motifs is 4. The molecule has 0 unspecified atom stereocenters. The molecule has 4 nitrogen and oxygen atoms in total. The Labute approximate surface area is 283 Å². The topological polar surface area (TPSA) is 62.7 Å². The molecule has 0 fully saturated rings. The molecule has 0 aliphatic rings. The Balaban J connectivity index is 1.17. The second kappa shape index (κ2) is 11.8. The number of nitriles is 1. The summed E-state index contributed by atoms with van der Waals surface area (Å²) in [4.78, 5) is 8.77. The fraction of sp³-hybridized carbons (Fsp3) is 0. The summed E-state index contributed by atoms with van der Waals surface area (Å²) < 4.78 is 6.86. The van der Waals surface area contributed by atoms with Crippen molar-refractivity contribution in [1.82, 2.24) is 9.97 Å². The zero-order valence-electron chi connectivity index (χ0n) is 26.3. The third kappa shape index (κ3) is 4.93. The van der Waals surface area contributed by atoms with E-state index in [1.807, 2.05) is 54.9 Å². The van der Waals surface area contributed by atoms with Crippen molar-refractivity contribution in [2.75, 3.05) is 0 Å². The summed E-state index contributed by atoms with van der Waals surface area (Å²) in [6, 6.07) is 50.5. The van der Waals surface area contributed by atoms with E-state index in [4.69, 9.17) is 4.42 Å². The Hall–Kier alpha value is -6.83. The number of benzene rings is 6. The lowest BCUT2D eigenvalue weighted by Crippen LogP contribution is -1.87. The summed E-state index contributed by atoms with van der Waals surface area (Å²) >= 11 is 0. The highest BCUT2D eigenvalue weighted by molar-refractivity contribution is 6.13. The van der Waals surface area contributed by atoms with Gasteiger partial charge in [0.05, 0.1) is 11.6 Å². The predicted molar refractivity (Wildman–Crippen MR) is 199 cm³/mol. The molecular weight excluding hydrogens is 599 g/mol. The van der Waals surface area contributed by atoms with Crippen molar-refractivity contribution in [3.05, 3.63) is 170 Å². The molecule has 6 aromatic carbocycles. The molecule has 0 saturated carbocycles. The molecule has 0 N–H and O–H groups in total. The van der Waals surface area contributed by atoms with Crippen LogP contribution in [0.4, 0.5) is 0 Å². The Bertz CT molecular complexity index is 2650. The molecule has 4 heteroatoms. The molecule has 0 radical (unpaired) electrons. The van der Waals surface area contributed by atoms with Gasteiger partial charge in [0.25, 0.3) is 0 Å². The van der Waals surface area contributed by atoms with Gasteiger partial charge in [0.2, 0.25) is 0 Å². The molecule has 0 bridgehead atoms. The van der Waals surface area contributed by atoms with E-state index in [2.05, 4.69) is 113 Å². The fourth-order valence-corrected chi connectivity index (χ4v) is 6.94. The molecule has 9 aromatic rings. The van der Waals surface area contributed by atoms with Crippen LogP contribution in [0.15, 0.2) is 169 Å². The third-order valence-corrected chi connectivity index (χ3v) is 9.31. The van der Waals surface area contributed by atoms with Crippen LogP contribution in [0.1, 0.15) is 5.56 Å². The van der Waals surface area contributed by atoms with E-state index in [1.54, 1.807) is 12.4 Å². The minimum absolute atomic E-state index is 0.684. The first-order chi connectivity index (χ1) is 24.2. The quantitative estimate of drug-likeness (QED) is 0.191. The number of hydrogen-bond acceptors (Lipinski definition) is 4. The lowest BCUT2D eigenvalue weighted by Gasteiger charge is -2.11. The number of hydrogen-bond donors (Lipinski definition) is 0. The third-order valence-electron chi connectivity index (χ3n) is 9.31. The zero-order chi connectivity index (χ0) is 32.7. The van der Waals surface area contributed by atoms with E-state index in [-0.39, 0.29) is 0 Å². The maximum absolute atomic E-state index is 9.64. The number of pyridine rings is 2. The molecule has 49 heavy (non-hydrogen) atoms. The van der Waals surface area contributed by atoms with Crippen molar-refractivity contribution in [1.29, 1.82) is 5.26 Å². The van der Waals surface area contributed by atoms with Gasteiger partial charge in [-0.3, -0.25) is 9.97 Å². The second-order valence-electron chi connectivity index (χ2n) is 12.1. The van der Waals surface area contributed by atoms with Gasteiger partial charge in [0, 0.05) is 63.2 Å². The van der Waals surface area contributed by atoms with Gasteiger partial charge in [-0.2, -0.15) is 5.26 Å². The fourth-order valence-electron chi connectivity index (χ4n) is 6.94. The van der Waals surface area contributed by atoms with Crippen molar-refractivity contribution < 1.29 is 4.42 Å². The molecule has 0 aliphatic carbocycles. The average molecular weight is 626 g/mol. The van der Waals surface area contributed by atoms with Crippen LogP contribution in [0.5, 0.6) is 0 Å². The monoisotopic (exact) mass is 625 g/mol. The number of para-hydroxylation sites is 2. The molecule has 0 aliphatic heterocycles. The van der Waals surface area contributed by atoms with Crippen molar-refractivity contribution >= 4 is 32.7 Å². The summed E-state index contributed by atoms with van der Waals surface area (Å²) in [6.07, 6.45) is 7.39. The first kappa shape index (κ1) is 28.4. The smallest absolute Gasteiger partial charge is 0.143 e. The maximum Gasteiger partial charge on any atom is 0.143 e. The van der Waals surface area contributed by atoms with Gasteiger partial charge < -0.3 is 4.42 Å². The number of aromatic nitrogens is 2.